The number of nitrogens with zero attached hydrogens (tertiary/aromatic N) is 3. The first-order chi connectivity index (χ1) is 18.2. The number of benzene rings is 1. The number of aliphatic hydroxyl groups excluding tert-OH is 1. The topological polar surface area (TPSA) is 81.2 Å². The van der Waals surface area contributed by atoms with E-state index in [0.717, 1.165) is 12.1 Å². The van der Waals surface area contributed by atoms with Gasteiger partial charge in [0.15, 0.2) is 0 Å². The minimum Gasteiger partial charge on any atom is -0.396 e. The molecule has 206 valence electrons. The Morgan fingerprint density at radius 2 is 1.82 bits per heavy atom. The summed E-state index contributed by atoms with van der Waals surface area (Å²) >= 11 is 1.69. The van der Waals surface area contributed by atoms with E-state index in [2.05, 4.69) is 20.1 Å². The number of likely N-dealkylation sites (tertiary alicyclic amines) is 1. The normalized spacial score (nSPS) is 29.4. The summed E-state index contributed by atoms with van der Waals surface area (Å²) in [7, 11) is 0. The second-order valence-electron chi connectivity index (χ2n) is 11.1. The van der Waals surface area contributed by atoms with Crippen molar-refractivity contribution in [1.29, 1.82) is 0 Å². The number of unbranched alkanes of at least 4 members (excludes halogenated alkanes) is 1. The minimum atomic E-state index is -0.659. The van der Waals surface area contributed by atoms with Crippen molar-refractivity contribution in [3.63, 3.8) is 0 Å². The van der Waals surface area contributed by atoms with Gasteiger partial charge in [-0.3, -0.25) is 14.4 Å². The molecule has 5 atom stereocenters. The monoisotopic (exact) mass is 539 g/mol. The molecule has 8 heteroatoms. The molecule has 2 bridgehead atoms. The number of fused-ring (bicyclic) bond motifs is 1. The molecule has 1 N–H and O–H groups in total. The Balaban J connectivity index is 1.78. The van der Waals surface area contributed by atoms with E-state index in [-0.39, 0.29) is 30.4 Å². The number of carbonyl (C=O) groups is 3. The van der Waals surface area contributed by atoms with Crippen molar-refractivity contribution in [2.75, 3.05) is 31.1 Å². The van der Waals surface area contributed by atoms with Gasteiger partial charge in [0, 0.05) is 42.7 Å². The minimum absolute atomic E-state index is 0.0331. The fourth-order valence-corrected chi connectivity index (χ4v) is 9.14. The summed E-state index contributed by atoms with van der Waals surface area (Å²) < 4.78 is -1.10. The molecule has 0 aromatic heterocycles. The van der Waals surface area contributed by atoms with E-state index < -0.39 is 27.4 Å². The number of rotatable bonds is 12. The fraction of sp³-hybridized carbons (Fsp3) is 0.567. The van der Waals surface area contributed by atoms with Gasteiger partial charge in [0.2, 0.25) is 17.7 Å². The summed E-state index contributed by atoms with van der Waals surface area (Å²) in [6.07, 6.45) is 6.07. The lowest BCUT2D eigenvalue weighted by atomic mass is 9.66. The third kappa shape index (κ3) is 4.60. The molecule has 7 nitrogen and oxygen atoms in total. The zero-order chi connectivity index (χ0) is 27.7. The van der Waals surface area contributed by atoms with Gasteiger partial charge in [-0.1, -0.05) is 30.4 Å². The number of aliphatic hydroxyl groups is 1. The predicted octanol–water partition coefficient (Wildman–Crippen LogP) is 3.88. The lowest BCUT2D eigenvalue weighted by Crippen LogP contribution is -2.56. The van der Waals surface area contributed by atoms with E-state index >= 15 is 0 Å². The summed E-state index contributed by atoms with van der Waals surface area (Å²) in [6, 6.07) is 8.82. The molecule has 38 heavy (non-hydrogen) atoms. The Kier molecular flexibility index (Phi) is 8.43. The highest BCUT2D eigenvalue weighted by Crippen LogP contribution is 2.71. The molecular weight excluding hydrogens is 498 g/mol. The number of anilines is 1. The van der Waals surface area contributed by atoms with Gasteiger partial charge in [-0.2, -0.15) is 0 Å². The molecule has 3 aliphatic heterocycles. The third-order valence-electron chi connectivity index (χ3n) is 8.46. The summed E-state index contributed by atoms with van der Waals surface area (Å²) in [5.74, 6) is -1.38. The summed E-state index contributed by atoms with van der Waals surface area (Å²) in [4.78, 5) is 48.1. The van der Waals surface area contributed by atoms with Crippen LogP contribution in [0, 0.1) is 11.8 Å². The molecule has 3 aliphatic rings. The average molecular weight is 540 g/mol. The van der Waals surface area contributed by atoms with Gasteiger partial charge < -0.3 is 19.8 Å². The van der Waals surface area contributed by atoms with Crippen molar-refractivity contribution in [2.45, 2.75) is 68.0 Å². The summed E-state index contributed by atoms with van der Waals surface area (Å²) in [6.45, 7) is 14.9. The van der Waals surface area contributed by atoms with Crippen LogP contribution < -0.4 is 4.90 Å². The molecule has 3 heterocycles. The number of hydrogen-bond acceptors (Lipinski definition) is 5. The van der Waals surface area contributed by atoms with Gasteiger partial charge in [-0.05, 0) is 58.6 Å². The van der Waals surface area contributed by atoms with Crippen LogP contribution in [0.2, 0.25) is 0 Å². The van der Waals surface area contributed by atoms with Gasteiger partial charge in [-0.25, -0.2) is 0 Å². The standard InChI is InChI=1S/C30H41N3O4S/c1-6-17-31(21(3)4)28(37)25-30-16-15-29(5,38-30)23(24(30)27(36)33(25)19-11-12-20-34)26(35)32(18-7-2)22-13-9-8-10-14-22/h6-10,13-14,21,23-25,34H,1-2,11-12,15-20H2,3-5H3/t23-,24+,25?,29+,30?/m1/s1. The van der Waals surface area contributed by atoms with Crippen LogP contribution in [0.4, 0.5) is 5.69 Å². The van der Waals surface area contributed by atoms with E-state index in [1.54, 1.807) is 38.6 Å². The van der Waals surface area contributed by atoms with Crippen molar-refractivity contribution in [2.24, 2.45) is 11.8 Å². The highest BCUT2D eigenvalue weighted by molar-refractivity contribution is 8.02. The number of thioether (sulfide) groups is 1. The summed E-state index contributed by atoms with van der Waals surface area (Å²) in [5, 5.41) is 9.39. The van der Waals surface area contributed by atoms with Gasteiger partial charge in [0.05, 0.1) is 16.6 Å². The molecule has 4 rings (SSSR count). The molecule has 0 radical (unpaired) electrons. The summed E-state index contributed by atoms with van der Waals surface area (Å²) in [5.41, 5.74) is 0.776. The molecule has 0 aliphatic carbocycles. The first kappa shape index (κ1) is 28.4. The number of carbonyl (C=O) groups excluding carboxylic acids is 3. The molecule has 3 amide bonds. The van der Waals surface area contributed by atoms with Crippen LogP contribution in [0.25, 0.3) is 0 Å². The molecule has 3 saturated heterocycles. The maximum Gasteiger partial charge on any atom is 0.247 e. The van der Waals surface area contributed by atoms with Crippen LogP contribution in [0.5, 0.6) is 0 Å². The van der Waals surface area contributed by atoms with Crippen LogP contribution in [-0.2, 0) is 14.4 Å². The first-order valence-corrected chi connectivity index (χ1v) is 14.5. The number of amides is 3. The Labute approximate surface area is 230 Å². The number of para-hydroxylation sites is 1. The van der Waals surface area contributed by atoms with Crippen molar-refractivity contribution >= 4 is 35.2 Å². The van der Waals surface area contributed by atoms with E-state index in [0.29, 0.717) is 38.9 Å². The van der Waals surface area contributed by atoms with Crippen molar-refractivity contribution < 1.29 is 19.5 Å². The van der Waals surface area contributed by atoms with E-state index in [1.807, 2.05) is 44.2 Å². The molecular formula is C30H41N3O4S. The van der Waals surface area contributed by atoms with E-state index in [1.165, 1.54) is 0 Å². The van der Waals surface area contributed by atoms with Crippen molar-refractivity contribution in [3.8, 4) is 0 Å². The van der Waals surface area contributed by atoms with E-state index in [9.17, 15) is 19.5 Å². The Morgan fingerprint density at radius 1 is 1.13 bits per heavy atom. The fourth-order valence-electron chi connectivity index (χ4n) is 6.79. The number of hydrogen-bond donors (Lipinski definition) is 1. The molecule has 1 aromatic carbocycles. The van der Waals surface area contributed by atoms with E-state index in [4.69, 9.17) is 0 Å². The average Bonchev–Trinajstić information content (AvgIpc) is 3.46. The quantitative estimate of drug-likeness (QED) is 0.322. The largest absolute Gasteiger partial charge is 0.396 e. The third-order valence-corrected chi connectivity index (χ3v) is 10.4. The zero-order valence-electron chi connectivity index (χ0n) is 22.8. The Bertz CT molecular complexity index is 1080. The highest BCUT2D eigenvalue weighted by atomic mass is 32.2. The molecule has 3 fully saturated rings. The maximum atomic E-state index is 14.4. The smallest absolute Gasteiger partial charge is 0.247 e. The molecule has 2 unspecified atom stereocenters. The maximum absolute atomic E-state index is 14.4. The highest BCUT2D eigenvalue weighted by Gasteiger charge is 2.77. The van der Waals surface area contributed by atoms with Crippen LogP contribution in [0.1, 0.15) is 46.5 Å². The van der Waals surface area contributed by atoms with Crippen LogP contribution in [0.3, 0.4) is 0 Å². The Morgan fingerprint density at radius 3 is 2.42 bits per heavy atom. The lowest BCUT2D eigenvalue weighted by Gasteiger charge is -2.39. The van der Waals surface area contributed by atoms with Crippen LogP contribution in [-0.4, -0.2) is 80.4 Å². The second-order valence-corrected chi connectivity index (χ2v) is 13.0. The SMILES string of the molecule is C=CCN(C(=O)[C@H]1[C@H]2C(=O)N(CCCCO)C(C(=O)N(CC=C)C(C)C)C23CC[C@]1(C)S3)c1ccccc1. The van der Waals surface area contributed by atoms with Crippen molar-refractivity contribution in [1.82, 2.24) is 9.80 Å². The van der Waals surface area contributed by atoms with Crippen molar-refractivity contribution in [3.05, 3.63) is 55.6 Å². The van der Waals surface area contributed by atoms with Gasteiger partial charge in [-0.15, -0.1) is 24.9 Å². The molecule has 1 aromatic rings. The van der Waals surface area contributed by atoms with Gasteiger partial charge in [0.1, 0.15) is 6.04 Å². The predicted molar refractivity (Wildman–Crippen MR) is 153 cm³/mol. The Hall–Kier alpha value is -2.58. The second kappa shape index (κ2) is 11.3. The van der Waals surface area contributed by atoms with Gasteiger partial charge >= 0.3 is 0 Å². The lowest BCUT2D eigenvalue weighted by molar-refractivity contribution is -0.143. The first-order valence-electron chi connectivity index (χ1n) is 13.7. The molecule has 0 saturated carbocycles. The van der Waals surface area contributed by atoms with Crippen LogP contribution in [0.15, 0.2) is 55.6 Å². The van der Waals surface area contributed by atoms with Crippen LogP contribution >= 0.6 is 11.8 Å². The zero-order valence-corrected chi connectivity index (χ0v) is 23.7. The molecule has 1 spiro atoms. The van der Waals surface area contributed by atoms with Gasteiger partial charge in [0.25, 0.3) is 0 Å².